The van der Waals surface area contributed by atoms with Crippen LogP contribution in [0.1, 0.15) is 58.3 Å². The molecule has 0 aliphatic rings. The lowest BCUT2D eigenvalue weighted by molar-refractivity contribution is -0.136. The third kappa shape index (κ3) is 18.4. The van der Waals surface area contributed by atoms with E-state index in [1.54, 1.807) is 36.5 Å². The molecule has 0 rings (SSSR count). The van der Waals surface area contributed by atoms with E-state index in [0.717, 1.165) is 6.42 Å². The van der Waals surface area contributed by atoms with Crippen molar-refractivity contribution in [1.29, 1.82) is 0 Å². The summed E-state index contributed by atoms with van der Waals surface area (Å²) in [6.45, 7) is 2.18. The van der Waals surface area contributed by atoms with Crippen LogP contribution in [0.3, 0.4) is 0 Å². The number of allylic oxidation sites excluding steroid dienone is 6. The Kier molecular flexibility index (Phi) is 16.6. The van der Waals surface area contributed by atoms with Gasteiger partial charge in [0.15, 0.2) is 0 Å². The first-order chi connectivity index (χ1) is 12.6. The van der Waals surface area contributed by atoms with Gasteiger partial charge in [0.05, 0.1) is 12.2 Å². The monoisotopic (exact) mass is 362 g/mol. The SMILES string of the molecule is CCCCC/C=C\CC(O)/C=C\C=C/CC(O)/C=C/C=C\CCC(=O)O. The first-order valence-electron chi connectivity index (χ1n) is 9.45. The zero-order chi connectivity index (χ0) is 19.5. The van der Waals surface area contributed by atoms with Crippen LogP contribution in [-0.4, -0.2) is 33.5 Å². The number of aliphatic hydroxyl groups is 2. The second kappa shape index (κ2) is 17.9. The van der Waals surface area contributed by atoms with E-state index in [4.69, 9.17) is 5.11 Å². The van der Waals surface area contributed by atoms with E-state index in [9.17, 15) is 15.0 Å². The molecule has 0 aromatic heterocycles. The molecule has 0 saturated carbocycles. The number of carboxylic acids is 1. The predicted molar refractivity (Wildman–Crippen MR) is 108 cm³/mol. The molecular formula is C22H34O4. The fraction of sp³-hybridized carbons (Fsp3) is 0.500. The topological polar surface area (TPSA) is 77.8 Å². The molecule has 4 heteroatoms. The van der Waals surface area contributed by atoms with E-state index >= 15 is 0 Å². The van der Waals surface area contributed by atoms with E-state index < -0.39 is 18.2 Å². The summed E-state index contributed by atoms with van der Waals surface area (Å²) < 4.78 is 0. The highest BCUT2D eigenvalue weighted by atomic mass is 16.4. The maximum Gasteiger partial charge on any atom is 0.303 e. The Bertz CT molecular complexity index is 486. The third-order valence-electron chi connectivity index (χ3n) is 3.58. The van der Waals surface area contributed by atoms with Gasteiger partial charge in [-0.3, -0.25) is 4.79 Å². The number of hydrogen-bond donors (Lipinski definition) is 3. The predicted octanol–water partition coefficient (Wildman–Crippen LogP) is 4.71. The van der Waals surface area contributed by atoms with E-state index in [1.165, 1.54) is 19.3 Å². The second-order valence-electron chi connectivity index (χ2n) is 6.13. The van der Waals surface area contributed by atoms with Crippen molar-refractivity contribution in [3.63, 3.8) is 0 Å². The molecule has 0 bridgehead atoms. The molecule has 0 fully saturated rings. The molecule has 0 saturated heterocycles. The number of unbranched alkanes of at least 4 members (excludes halogenated alkanes) is 3. The van der Waals surface area contributed by atoms with Gasteiger partial charge in [-0.25, -0.2) is 0 Å². The number of hydrogen-bond acceptors (Lipinski definition) is 3. The van der Waals surface area contributed by atoms with Crippen molar-refractivity contribution in [3.8, 4) is 0 Å². The summed E-state index contributed by atoms with van der Waals surface area (Å²) >= 11 is 0. The molecule has 2 atom stereocenters. The Morgan fingerprint density at radius 3 is 2.04 bits per heavy atom. The van der Waals surface area contributed by atoms with E-state index in [-0.39, 0.29) is 6.42 Å². The van der Waals surface area contributed by atoms with Crippen LogP contribution in [0.2, 0.25) is 0 Å². The second-order valence-corrected chi connectivity index (χ2v) is 6.13. The van der Waals surface area contributed by atoms with E-state index in [2.05, 4.69) is 13.0 Å². The van der Waals surface area contributed by atoms with Gasteiger partial charge in [0.25, 0.3) is 0 Å². The number of carboxylic acid groups (broad SMARTS) is 1. The molecule has 0 aromatic rings. The van der Waals surface area contributed by atoms with Crippen LogP contribution in [0.25, 0.3) is 0 Å². The van der Waals surface area contributed by atoms with Gasteiger partial charge in [0.1, 0.15) is 0 Å². The van der Waals surface area contributed by atoms with Crippen molar-refractivity contribution < 1.29 is 20.1 Å². The van der Waals surface area contributed by atoms with Gasteiger partial charge < -0.3 is 15.3 Å². The van der Waals surface area contributed by atoms with Gasteiger partial charge in [-0.05, 0) is 32.1 Å². The fourth-order valence-corrected chi connectivity index (χ4v) is 2.09. The minimum Gasteiger partial charge on any atom is -0.481 e. The molecule has 0 heterocycles. The summed E-state index contributed by atoms with van der Waals surface area (Å²) in [5.74, 6) is -0.815. The molecule has 0 radical (unpaired) electrons. The first kappa shape index (κ1) is 24.1. The molecule has 0 aliphatic heterocycles. The standard InChI is InChI=1S/C22H34O4/c1-2-3-4-5-6-10-15-20(23)17-12-9-13-18-21(24)16-11-7-8-14-19-22(25)26/h6-13,16-17,20-21,23-24H,2-5,14-15,18-19H2,1H3,(H,25,26)/b8-7-,10-6-,13-9-,16-11+,17-12-. The Hall–Kier alpha value is -1.91. The summed E-state index contributed by atoms with van der Waals surface area (Å²) in [6, 6.07) is 0. The molecule has 2 unspecified atom stereocenters. The van der Waals surface area contributed by atoms with Gasteiger partial charge >= 0.3 is 5.97 Å². The van der Waals surface area contributed by atoms with Crippen LogP contribution in [-0.2, 0) is 4.79 Å². The molecule has 0 amide bonds. The fourth-order valence-electron chi connectivity index (χ4n) is 2.09. The molecule has 26 heavy (non-hydrogen) atoms. The normalized spacial score (nSPS) is 15.2. The van der Waals surface area contributed by atoms with Crippen molar-refractivity contribution >= 4 is 5.97 Å². The maximum absolute atomic E-state index is 10.3. The molecular weight excluding hydrogens is 328 g/mol. The van der Waals surface area contributed by atoms with Gasteiger partial charge in [0.2, 0.25) is 0 Å². The van der Waals surface area contributed by atoms with Crippen LogP contribution in [0.5, 0.6) is 0 Å². The molecule has 3 N–H and O–H groups in total. The van der Waals surface area contributed by atoms with E-state index in [0.29, 0.717) is 19.3 Å². The maximum atomic E-state index is 10.3. The molecule has 0 spiro atoms. The van der Waals surface area contributed by atoms with Crippen LogP contribution >= 0.6 is 0 Å². The van der Waals surface area contributed by atoms with Crippen LogP contribution in [0.15, 0.2) is 60.8 Å². The highest BCUT2D eigenvalue weighted by Crippen LogP contribution is 2.02. The number of carbonyl (C=O) groups is 1. The summed E-state index contributed by atoms with van der Waals surface area (Å²) in [5.41, 5.74) is 0. The number of rotatable bonds is 15. The van der Waals surface area contributed by atoms with Crippen molar-refractivity contribution in [3.05, 3.63) is 60.8 Å². The number of aliphatic carboxylic acids is 1. The summed E-state index contributed by atoms with van der Waals surface area (Å²) in [5, 5.41) is 28.1. The lowest BCUT2D eigenvalue weighted by atomic mass is 10.1. The van der Waals surface area contributed by atoms with Gasteiger partial charge in [-0.1, -0.05) is 80.5 Å². The minimum absolute atomic E-state index is 0.114. The van der Waals surface area contributed by atoms with Crippen molar-refractivity contribution in [2.45, 2.75) is 70.5 Å². The Balaban J connectivity index is 3.85. The number of aliphatic hydroxyl groups excluding tert-OH is 2. The molecule has 0 aliphatic carbocycles. The van der Waals surface area contributed by atoms with Crippen molar-refractivity contribution in [2.24, 2.45) is 0 Å². The highest BCUT2D eigenvalue weighted by Gasteiger charge is 1.95. The van der Waals surface area contributed by atoms with Gasteiger partial charge in [-0.15, -0.1) is 0 Å². The average molecular weight is 363 g/mol. The van der Waals surface area contributed by atoms with Crippen LogP contribution in [0, 0.1) is 0 Å². The van der Waals surface area contributed by atoms with Crippen molar-refractivity contribution in [2.75, 3.05) is 0 Å². The summed E-state index contributed by atoms with van der Waals surface area (Å²) in [7, 11) is 0. The van der Waals surface area contributed by atoms with Gasteiger partial charge in [0, 0.05) is 6.42 Å². The van der Waals surface area contributed by atoms with Gasteiger partial charge in [-0.2, -0.15) is 0 Å². The lowest BCUT2D eigenvalue weighted by Crippen LogP contribution is -1.99. The Labute approximate surface area is 157 Å². The molecule has 4 nitrogen and oxygen atoms in total. The van der Waals surface area contributed by atoms with Crippen LogP contribution < -0.4 is 0 Å². The third-order valence-corrected chi connectivity index (χ3v) is 3.58. The van der Waals surface area contributed by atoms with E-state index in [1.807, 2.05) is 18.2 Å². The smallest absolute Gasteiger partial charge is 0.303 e. The molecule has 0 aromatic carbocycles. The summed E-state index contributed by atoms with van der Waals surface area (Å²) in [4.78, 5) is 10.3. The summed E-state index contributed by atoms with van der Waals surface area (Å²) in [6.07, 6.45) is 23.6. The lowest BCUT2D eigenvalue weighted by Gasteiger charge is -2.00. The Morgan fingerprint density at radius 1 is 0.808 bits per heavy atom. The highest BCUT2D eigenvalue weighted by molar-refractivity contribution is 5.66. The van der Waals surface area contributed by atoms with Crippen LogP contribution in [0.4, 0.5) is 0 Å². The Morgan fingerprint density at radius 2 is 1.42 bits per heavy atom. The zero-order valence-corrected chi connectivity index (χ0v) is 15.8. The zero-order valence-electron chi connectivity index (χ0n) is 15.8. The minimum atomic E-state index is -0.815. The average Bonchev–Trinajstić information content (AvgIpc) is 2.60. The quantitative estimate of drug-likeness (QED) is 0.224. The van der Waals surface area contributed by atoms with Crippen molar-refractivity contribution in [1.82, 2.24) is 0 Å². The molecule has 146 valence electrons. The largest absolute Gasteiger partial charge is 0.481 e. The first-order valence-corrected chi connectivity index (χ1v) is 9.45.